The molecule has 17 heavy (non-hydrogen) atoms. The molecule has 0 radical (unpaired) electrons. The van der Waals surface area contributed by atoms with Crippen molar-refractivity contribution in [2.75, 3.05) is 13.1 Å². The molecule has 0 aromatic carbocycles. The molecule has 1 amide bonds. The highest BCUT2D eigenvalue weighted by Gasteiger charge is 2.21. The largest absolute Gasteiger partial charge is 0.343 e. The lowest BCUT2D eigenvalue weighted by Crippen LogP contribution is -2.36. The molecule has 0 unspecified atom stereocenters. The van der Waals surface area contributed by atoms with Crippen LogP contribution in [0.1, 0.15) is 30.8 Å². The molecule has 0 saturated heterocycles. The van der Waals surface area contributed by atoms with Crippen LogP contribution in [0.4, 0.5) is 0 Å². The summed E-state index contributed by atoms with van der Waals surface area (Å²) < 4.78 is 2.95. The van der Waals surface area contributed by atoms with E-state index in [-0.39, 0.29) is 5.91 Å². The van der Waals surface area contributed by atoms with Crippen LogP contribution >= 0.6 is 15.9 Å². The SMILES string of the molecule is CCn1cc(Br)cc1C(=O)N1CCC=C(C)C1. The molecule has 3 nitrogen and oxygen atoms in total. The van der Waals surface area contributed by atoms with Crippen molar-refractivity contribution in [2.45, 2.75) is 26.8 Å². The molecule has 1 aliphatic rings. The fourth-order valence-corrected chi connectivity index (χ4v) is 2.63. The van der Waals surface area contributed by atoms with E-state index in [9.17, 15) is 4.79 Å². The van der Waals surface area contributed by atoms with E-state index in [4.69, 9.17) is 0 Å². The number of aromatic nitrogens is 1. The molecule has 0 saturated carbocycles. The van der Waals surface area contributed by atoms with Crippen LogP contribution < -0.4 is 0 Å². The summed E-state index contributed by atoms with van der Waals surface area (Å²) >= 11 is 3.43. The summed E-state index contributed by atoms with van der Waals surface area (Å²) in [5.74, 6) is 0.130. The standard InChI is InChI=1S/C13H17BrN2O/c1-3-15-9-11(14)7-12(15)13(17)16-6-4-5-10(2)8-16/h5,7,9H,3-4,6,8H2,1-2H3. The van der Waals surface area contributed by atoms with Gasteiger partial charge in [-0.05, 0) is 42.3 Å². The zero-order valence-corrected chi connectivity index (χ0v) is 11.8. The Morgan fingerprint density at radius 2 is 2.29 bits per heavy atom. The molecule has 0 fully saturated rings. The van der Waals surface area contributed by atoms with Gasteiger partial charge in [0.15, 0.2) is 0 Å². The Morgan fingerprint density at radius 3 is 2.94 bits per heavy atom. The number of rotatable bonds is 2. The maximum atomic E-state index is 12.4. The molecule has 0 spiro atoms. The van der Waals surface area contributed by atoms with Gasteiger partial charge in [0.2, 0.25) is 0 Å². The quantitative estimate of drug-likeness (QED) is 0.770. The predicted octanol–water partition coefficient (Wildman–Crippen LogP) is 3.06. The second kappa shape index (κ2) is 5.08. The lowest BCUT2D eigenvalue weighted by atomic mass is 10.1. The first-order valence-corrected chi connectivity index (χ1v) is 6.71. The number of halogens is 1. The summed E-state index contributed by atoms with van der Waals surface area (Å²) in [5, 5.41) is 0. The third-order valence-corrected chi connectivity index (χ3v) is 3.48. The molecule has 1 aromatic rings. The third-order valence-electron chi connectivity index (χ3n) is 3.04. The van der Waals surface area contributed by atoms with Crippen molar-refractivity contribution < 1.29 is 4.79 Å². The van der Waals surface area contributed by atoms with E-state index in [1.54, 1.807) is 0 Å². The van der Waals surface area contributed by atoms with Gasteiger partial charge in [0.1, 0.15) is 5.69 Å². The van der Waals surface area contributed by atoms with Crippen LogP contribution in [0.2, 0.25) is 0 Å². The average Bonchev–Trinajstić information content (AvgIpc) is 2.69. The summed E-state index contributed by atoms with van der Waals surface area (Å²) in [5.41, 5.74) is 2.05. The molecule has 0 bridgehead atoms. The van der Waals surface area contributed by atoms with Gasteiger partial charge in [-0.1, -0.05) is 11.6 Å². The number of hydrogen-bond acceptors (Lipinski definition) is 1. The molecule has 0 atom stereocenters. The minimum Gasteiger partial charge on any atom is -0.343 e. The van der Waals surface area contributed by atoms with Crippen LogP contribution in [0.3, 0.4) is 0 Å². The van der Waals surface area contributed by atoms with Crippen molar-refractivity contribution in [1.29, 1.82) is 0 Å². The highest BCUT2D eigenvalue weighted by molar-refractivity contribution is 9.10. The Bertz CT molecular complexity index is 462. The van der Waals surface area contributed by atoms with Crippen LogP contribution in [0.5, 0.6) is 0 Å². The van der Waals surface area contributed by atoms with E-state index in [1.807, 2.05) is 28.7 Å². The topological polar surface area (TPSA) is 25.2 Å². The first-order chi connectivity index (χ1) is 8.11. The summed E-state index contributed by atoms with van der Waals surface area (Å²) in [6.07, 6.45) is 5.13. The molecule has 1 aliphatic heterocycles. The number of aryl methyl sites for hydroxylation is 1. The summed E-state index contributed by atoms with van der Waals surface area (Å²) in [6.45, 7) is 6.52. The lowest BCUT2D eigenvalue weighted by molar-refractivity contribution is 0.0755. The lowest BCUT2D eigenvalue weighted by Gasteiger charge is -2.26. The number of hydrogen-bond donors (Lipinski definition) is 0. The maximum absolute atomic E-state index is 12.4. The van der Waals surface area contributed by atoms with Gasteiger partial charge in [-0.25, -0.2) is 0 Å². The Labute approximate surface area is 110 Å². The Kier molecular flexibility index (Phi) is 3.72. The monoisotopic (exact) mass is 296 g/mol. The van der Waals surface area contributed by atoms with Crippen molar-refractivity contribution in [3.8, 4) is 0 Å². The van der Waals surface area contributed by atoms with Gasteiger partial charge in [-0.3, -0.25) is 4.79 Å². The fraction of sp³-hybridized carbons (Fsp3) is 0.462. The van der Waals surface area contributed by atoms with Gasteiger partial charge in [0.05, 0.1) is 0 Å². The molecule has 2 rings (SSSR count). The minimum absolute atomic E-state index is 0.130. The molecule has 2 heterocycles. The second-order valence-electron chi connectivity index (χ2n) is 4.40. The number of nitrogens with zero attached hydrogens (tertiary/aromatic N) is 2. The van der Waals surface area contributed by atoms with E-state index in [0.717, 1.165) is 36.2 Å². The normalized spacial score (nSPS) is 15.9. The van der Waals surface area contributed by atoms with Crippen molar-refractivity contribution in [3.05, 3.63) is 34.1 Å². The van der Waals surface area contributed by atoms with Gasteiger partial charge in [0, 0.05) is 30.3 Å². The average molecular weight is 297 g/mol. The number of carbonyl (C=O) groups is 1. The number of amides is 1. The summed E-state index contributed by atoms with van der Waals surface area (Å²) in [4.78, 5) is 14.3. The first-order valence-electron chi connectivity index (χ1n) is 5.92. The second-order valence-corrected chi connectivity index (χ2v) is 5.31. The molecule has 1 aromatic heterocycles. The Balaban J connectivity index is 2.22. The molecular formula is C13H17BrN2O. The first kappa shape index (κ1) is 12.4. The van der Waals surface area contributed by atoms with Crippen molar-refractivity contribution in [3.63, 3.8) is 0 Å². The summed E-state index contributed by atoms with van der Waals surface area (Å²) in [7, 11) is 0. The zero-order valence-electron chi connectivity index (χ0n) is 10.2. The molecule has 4 heteroatoms. The van der Waals surface area contributed by atoms with Crippen molar-refractivity contribution >= 4 is 21.8 Å². The highest BCUT2D eigenvalue weighted by Crippen LogP contribution is 2.18. The number of carbonyl (C=O) groups excluding carboxylic acids is 1. The van der Waals surface area contributed by atoms with Crippen LogP contribution in [0.15, 0.2) is 28.4 Å². The van der Waals surface area contributed by atoms with Crippen LogP contribution in [-0.2, 0) is 6.54 Å². The molecular weight excluding hydrogens is 280 g/mol. The van der Waals surface area contributed by atoms with Gasteiger partial charge in [-0.15, -0.1) is 0 Å². The highest BCUT2D eigenvalue weighted by atomic mass is 79.9. The smallest absolute Gasteiger partial charge is 0.270 e. The predicted molar refractivity (Wildman–Crippen MR) is 72.1 cm³/mol. The molecule has 92 valence electrons. The minimum atomic E-state index is 0.130. The molecule has 0 aliphatic carbocycles. The van der Waals surface area contributed by atoms with E-state index in [2.05, 4.69) is 28.9 Å². The third kappa shape index (κ3) is 2.63. The Hall–Kier alpha value is -1.03. The Morgan fingerprint density at radius 1 is 1.53 bits per heavy atom. The van der Waals surface area contributed by atoms with Crippen LogP contribution in [0.25, 0.3) is 0 Å². The van der Waals surface area contributed by atoms with E-state index in [1.165, 1.54) is 5.57 Å². The van der Waals surface area contributed by atoms with Crippen LogP contribution in [-0.4, -0.2) is 28.5 Å². The fourth-order valence-electron chi connectivity index (χ4n) is 2.16. The van der Waals surface area contributed by atoms with E-state index in [0.29, 0.717) is 0 Å². The summed E-state index contributed by atoms with van der Waals surface area (Å²) in [6, 6.07) is 1.90. The maximum Gasteiger partial charge on any atom is 0.270 e. The van der Waals surface area contributed by atoms with E-state index < -0.39 is 0 Å². The zero-order chi connectivity index (χ0) is 12.4. The van der Waals surface area contributed by atoms with Gasteiger partial charge >= 0.3 is 0 Å². The van der Waals surface area contributed by atoms with E-state index >= 15 is 0 Å². The van der Waals surface area contributed by atoms with Gasteiger partial charge in [-0.2, -0.15) is 0 Å². The van der Waals surface area contributed by atoms with Gasteiger partial charge in [0.25, 0.3) is 5.91 Å². The van der Waals surface area contributed by atoms with Gasteiger partial charge < -0.3 is 9.47 Å². The van der Waals surface area contributed by atoms with Crippen molar-refractivity contribution in [1.82, 2.24) is 9.47 Å². The molecule has 0 N–H and O–H groups in total. The van der Waals surface area contributed by atoms with Crippen molar-refractivity contribution in [2.24, 2.45) is 0 Å². The van der Waals surface area contributed by atoms with Crippen LogP contribution in [0, 0.1) is 0 Å².